The standard InChI is InChI=1S/C11H7N3O/c1-6-9(5-14)10(7(2)11(6)15)8(3-12)4-13/h7H,1-2H3. The number of allylic oxidation sites excluding steroid dienone is 4. The van der Waals surface area contributed by atoms with Crippen LogP contribution in [0.5, 0.6) is 0 Å². The molecule has 0 saturated heterocycles. The summed E-state index contributed by atoms with van der Waals surface area (Å²) in [7, 11) is 0. The summed E-state index contributed by atoms with van der Waals surface area (Å²) >= 11 is 0. The summed E-state index contributed by atoms with van der Waals surface area (Å²) in [6.07, 6.45) is 0. The first-order chi connectivity index (χ1) is 7.08. The van der Waals surface area contributed by atoms with E-state index in [-0.39, 0.29) is 22.5 Å². The number of hydrogen-bond acceptors (Lipinski definition) is 4. The van der Waals surface area contributed by atoms with Crippen molar-refractivity contribution in [2.75, 3.05) is 0 Å². The van der Waals surface area contributed by atoms with E-state index in [4.69, 9.17) is 15.8 Å². The van der Waals surface area contributed by atoms with Gasteiger partial charge in [0, 0.05) is 17.1 Å². The molecule has 0 radical (unpaired) electrons. The molecule has 4 nitrogen and oxygen atoms in total. The van der Waals surface area contributed by atoms with Crippen LogP contribution >= 0.6 is 0 Å². The highest BCUT2D eigenvalue weighted by atomic mass is 16.1. The first-order valence-corrected chi connectivity index (χ1v) is 4.28. The van der Waals surface area contributed by atoms with Crippen LogP contribution in [0.2, 0.25) is 0 Å². The second-order valence-electron chi connectivity index (χ2n) is 3.21. The van der Waals surface area contributed by atoms with E-state index in [9.17, 15) is 4.79 Å². The molecular formula is C11H7N3O. The van der Waals surface area contributed by atoms with Gasteiger partial charge in [0.05, 0.1) is 11.6 Å². The third-order valence-electron chi connectivity index (χ3n) is 2.44. The minimum Gasteiger partial charge on any atom is -0.294 e. The van der Waals surface area contributed by atoms with Crippen LogP contribution in [0.15, 0.2) is 22.3 Å². The Morgan fingerprint density at radius 3 is 2.20 bits per heavy atom. The maximum absolute atomic E-state index is 11.6. The van der Waals surface area contributed by atoms with Gasteiger partial charge in [-0.15, -0.1) is 0 Å². The zero-order valence-corrected chi connectivity index (χ0v) is 8.33. The summed E-state index contributed by atoms with van der Waals surface area (Å²) in [4.78, 5) is 11.6. The van der Waals surface area contributed by atoms with E-state index >= 15 is 0 Å². The molecule has 0 aromatic carbocycles. The van der Waals surface area contributed by atoms with E-state index in [0.29, 0.717) is 5.57 Å². The van der Waals surface area contributed by atoms with Crippen molar-refractivity contribution in [3.05, 3.63) is 22.3 Å². The van der Waals surface area contributed by atoms with Gasteiger partial charge in [-0.05, 0) is 6.92 Å². The van der Waals surface area contributed by atoms with Gasteiger partial charge in [-0.2, -0.15) is 15.8 Å². The number of hydrogen-bond donors (Lipinski definition) is 0. The van der Waals surface area contributed by atoms with Crippen molar-refractivity contribution in [1.29, 1.82) is 15.8 Å². The number of ketones is 1. The number of rotatable bonds is 0. The van der Waals surface area contributed by atoms with E-state index in [0.717, 1.165) is 0 Å². The Hall–Kier alpha value is -2.38. The van der Waals surface area contributed by atoms with E-state index in [1.54, 1.807) is 19.1 Å². The van der Waals surface area contributed by atoms with E-state index < -0.39 is 5.92 Å². The first kappa shape index (κ1) is 10.7. The van der Waals surface area contributed by atoms with Crippen LogP contribution in [-0.2, 0) is 4.79 Å². The fourth-order valence-electron chi connectivity index (χ4n) is 1.63. The van der Waals surface area contributed by atoms with Crippen LogP contribution < -0.4 is 0 Å². The fraction of sp³-hybridized carbons (Fsp3) is 0.273. The maximum atomic E-state index is 11.6. The Morgan fingerprint density at radius 2 is 1.80 bits per heavy atom. The largest absolute Gasteiger partial charge is 0.294 e. The summed E-state index contributed by atoms with van der Waals surface area (Å²) in [6, 6.07) is 5.29. The molecule has 0 saturated carbocycles. The Morgan fingerprint density at radius 1 is 1.27 bits per heavy atom. The van der Waals surface area contributed by atoms with Crippen molar-refractivity contribution < 1.29 is 4.79 Å². The van der Waals surface area contributed by atoms with Crippen LogP contribution in [0.4, 0.5) is 0 Å². The quantitative estimate of drug-likeness (QED) is 0.549. The predicted molar refractivity (Wildman–Crippen MR) is 50.7 cm³/mol. The molecule has 0 heterocycles. The summed E-state index contributed by atoms with van der Waals surface area (Å²) in [5.41, 5.74) is 0.628. The predicted octanol–water partition coefficient (Wildman–Crippen LogP) is 1.39. The second kappa shape index (κ2) is 3.78. The lowest BCUT2D eigenvalue weighted by atomic mass is 9.95. The van der Waals surface area contributed by atoms with Gasteiger partial charge in [-0.3, -0.25) is 4.79 Å². The van der Waals surface area contributed by atoms with Crippen molar-refractivity contribution in [1.82, 2.24) is 0 Å². The maximum Gasteiger partial charge on any atom is 0.167 e. The summed E-state index contributed by atoms with van der Waals surface area (Å²) in [6.45, 7) is 3.14. The van der Waals surface area contributed by atoms with Gasteiger partial charge in [0.2, 0.25) is 0 Å². The Bertz CT molecular complexity index is 502. The Balaban J connectivity index is 3.56. The van der Waals surface area contributed by atoms with Gasteiger partial charge < -0.3 is 0 Å². The molecule has 1 unspecified atom stereocenters. The number of nitriles is 3. The van der Waals surface area contributed by atoms with Gasteiger partial charge in [0.1, 0.15) is 17.7 Å². The molecule has 4 heteroatoms. The normalized spacial score (nSPS) is 19.5. The number of nitrogens with zero attached hydrogens (tertiary/aromatic N) is 3. The van der Waals surface area contributed by atoms with Crippen LogP contribution in [0, 0.1) is 39.9 Å². The number of Topliss-reactive ketones (excluding diaryl/α,β-unsaturated/α-hetero) is 1. The highest BCUT2D eigenvalue weighted by molar-refractivity contribution is 6.05. The van der Waals surface area contributed by atoms with Crippen LogP contribution in [0.25, 0.3) is 0 Å². The molecular weight excluding hydrogens is 190 g/mol. The lowest BCUT2D eigenvalue weighted by molar-refractivity contribution is -0.117. The average Bonchev–Trinajstić information content (AvgIpc) is 2.46. The molecule has 0 amide bonds. The average molecular weight is 197 g/mol. The molecule has 0 N–H and O–H groups in total. The third-order valence-corrected chi connectivity index (χ3v) is 2.44. The van der Waals surface area contributed by atoms with Crippen LogP contribution in [-0.4, -0.2) is 5.78 Å². The molecule has 0 fully saturated rings. The van der Waals surface area contributed by atoms with E-state index in [1.807, 2.05) is 6.07 Å². The zero-order valence-electron chi connectivity index (χ0n) is 8.33. The molecule has 15 heavy (non-hydrogen) atoms. The third kappa shape index (κ3) is 1.41. The molecule has 0 aliphatic heterocycles. The smallest absolute Gasteiger partial charge is 0.167 e. The summed E-state index contributed by atoms with van der Waals surface area (Å²) < 4.78 is 0. The highest BCUT2D eigenvalue weighted by Crippen LogP contribution is 2.34. The molecule has 0 bridgehead atoms. The molecule has 1 atom stereocenters. The monoisotopic (exact) mass is 197 g/mol. The van der Waals surface area contributed by atoms with E-state index in [1.165, 1.54) is 6.92 Å². The SMILES string of the molecule is CC1=C(C#N)C(=C(C#N)C#N)C(C)C1=O. The van der Waals surface area contributed by atoms with Crippen molar-refractivity contribution in [3.63, 3.8) is 0 Å². The lowest BCUT2D eigenvalue weighted by Crippen LogP contribution is -2.07. The van der Waals surface area contributed by atoms with Gasteiger partial charge in [-0.1, -0.05) is 6.92 Å². The van der Waals surface area contributed by atoms with Crippen LogP contribution in [0.1, 0.15) is 13.8 Å². The Labute approximate surface area is 87.3 Å². The van der Waals surface area contributed by atoms with Gasteiger partial charge in [0.15, 0.2) is 5.78 Å². The molecule has 1 aliphatic rings. The van der Waals surface area contributed by atoms with Crippen LogP contribution in [0.3, 0.4) is 0 Å². The topological polar surface area (TPSA) is 88.4 Å². The van der Waals surface area contributed by atoms with Gasteiger partial charge in [-0.25, -0.2) is 0 Å². The number of carbonyl (C=O) groups excluding carboxylic acids is 1. The molecule has 0 spiro atoms. The molecule has 0 aromatic rings. The zero-order chi connectivity index (χ0) is 11.6. The van der Waals surface area contributed by atoms with Crippen molar-refractivity contribution in [3.8, 4) is 18.2 Å². The van der Waals surface area contributed by atoms with Crippen molar-refractivity contribution in [2.24, 2.45) is 5.92 Å². The molecule has 0 aromatic heterocycles. The Kier molecular flexibility index (Phi) is 2.70. The lowest BCUT2D eigenvalue weighted by Gasteiger charge is -2.03. The molecule has 72 valence electrons. The fourth-order valence-corrected chi connectivity index (χ4v) is 1.63. The molecule has 1 rings (SSSR count). The summed E-state index contributed by atoms with van der Waals surface area (Å²) in [5.74, 6) is -0.751. The minimum atomic E-state index is -0.561. The number of carbonyl (C=O) groups is 1. The second-order valence-corrected chi connectivity index (χ2v) is 3.21. The van der Waals surface area contributed by atoms with Crippen molar-refractivity contribution >= 4 is 5.78 Å². The van der Waals surface area contributed by atoms with Gasteiger partial charge in [0.25, 0.3) is 0 Å². The molecule has 1 aliphatic carbocycles. The minimum absolute atomic E-state index is 0.149. The van der Waals surface area contributed by atoms with E-state index in [2.05, 4.69) is 0 Å². The van der Waals surface area contributed by atoms with Crippen molar-refractivity contribution in [2.45, 2.75) is 13.8 Å². The highest BCUT2D eigenvalue weighted by Gasteiger charge is 2.34. The summed E-state index contributed by atoms with van der Waals surface area (Å²) in [5, 5.41) is 26.3. The first-order valence-electron chi connectivity index (χ1n) is 4.28. The van der Waals surface area contributed by atoms with Gasteiger partial charge >= 0.3 is 0 Å².